The molecular formula is C26H20N6O7S. The first-order valence-corrected chi connectivity index (χ1v) is 12.7. The second kappa shape index (κ2) is 11.5. The van der Waals surface area contributed by atoms with Crippen LogP contribution in [0.4, 0.5) is 28.4 Å². The van der Waals surface area contributed by atoms with Gasteiger partial charge in [-0.1, -0.05) is 18.2 Å². The lowest BCUT2D eigenvalue weighted by molar-refractivity contribution is -0.105. The number of phenolic OH excluding ortho intramolecular Hbond substituents is 1. The van der Waals surface area contributed by atoms with Crippen molar-refractivity contribution in [2.24, 2.45) is 26.2 Å². The molecule has 4 aromatic carbocycles. The van der Waals surface area contributed by atoms with Gasteiger partial charge in [0.05, 0.1) is 34.0 Å². The van der Waals surface area contributed by atoms with Crippen LogP contribution < -0.4 is 11.1 Å². The van der Waals surface area contributed by atoms with E-state index in [1.165, 1.54) is 48.5 Å². The van der Waals surface area contributed by atoms with Gasteiger partial charge in [0.2, 0.25) is 6.41 Å². The first kappa shape index (κ1) is 27.6. The third kappa shape index (κ3) is 6.50. The summed E-state index contributed by atoms with van der Waals surface area (Å²) in [7, 11) is -4.66. The molecule has 0 aliphatic carbocycles. The lowest BCUT2D eigenvalue weighted by atomic mass is 10.0. The summed E-state index contributed by atoms with van der Waals surface area (Å²) in [6, 6.07) is 18.5. The van der Waals surface area contributed by atoms with Gasteiger partial charge in [0, 0.05) is 5.56 Å². The van der Waals surface area contributed by atoms with E-state index in [-0.39, 0.29) is 45.4 Å². The molecule has 0 unspecified atom stereocenters. The normalized spacial score (nSPS) is 11.6. The van der Waals surface area contributed by atoms with Crippen molar-refractivity contribution in [2.45, 2.75) is 4.90 Å². The van der Waals surface area contributed by atoms with Crippen LogP contribution in [0.2, 0.25) is 0 Å². The number of nitrogens with two attached hydrogens (primary N) is 1. The van der Waals surface area contributed by atoms with Crippen molar-refractivity contribution in [3.8, 4) is 22.6 Å². The van der Waals surface area contributed by atoms with E-state index in [0.29, 0.717) is 17.7 Å². The fourth-order valence-electron chi connectivity index (χ4n) is 3.51. The summed E-state index contributed by atoms with van der Waals surface area (Å²) in [6.07, 6.45) is 0.388. The summed E-state index contributed by atoms with van der Waals surface area (Å²) in [4.78, 5) is 21.6. The Labute approximate surface area is 227 Å². The second-order valence-corrected chi connectivity index (χ2v) is 9.52. The maximum atomic E-state index is 12.2. The minimum atomic E-state index is -4.66. The number of carbonyl (C=O) groups excluding carboxylic acids is 2. The van der Waals surface area contributed by atoms with E-state index >= 15 is 0 Å². The highest BCUT2D eigenvalue weighted by Crippen LogP contribution is 2.34. The molecule has 6 N–H and O–H groups in total. The van der Waals surface area contributed by atoms with Crippen molar-refractivity contribution in [1.29, 1.82) is 0 Å². The summed E-state index contributed by atoms with van der Waals surface area (Å²) >= 11 is 0. The molecule has 0 atom stereocenters. The lowest BCUT2D eigenvalue weighted by Crippen LogP contribution is -2.10. The number of hydrogen-bond acceptors (Lipinski definition) is 10. The van der Waals surface area contributed by atoms with Gasteiger partial charge < -0.3 is 21.3 Å². The Hall–Kier alpha value is -5.47. The van der Waals surface area contributed by atoms with Crippen LogP contribution >= 0.6 is 0 Å². The fourth-order valence-corrected chi connectivity index (χ4v) is 4.25. The second-order valence-electron chi connectivity index (χ2n) is 8.13. The molecule has 14 heteroatoms. The summed E-state index contributed by atoms with van der Waals surface area (Å²) in [6.45, 7) is 0. The predicted molar refractivity (Wildman–Crippen MR) is 144 cm³/mol. The molecule has 0 aliphatic heterocycles. The zero-order valence-electron chi connectivity index (χ0n) is 20.3. The minimum Gasteiger partial charge on any atom is -0.507 e. The molecule has 0 aromatic heterocycles. The number of phenols is 2. The molecule has 13 nitrogen and oxygen atoms in total. The zero-order chi connectivity index (χ0) is 28.9. The Kier molecular flexibility index (Phi) is 7.93. The average Bonchev–Trinajstić information content (AvgIpc) is 2.92. The van der Waals surface area contributed by atoms with Crippen LogP contribution in [0, 0.1) is 0 Å². The first-order chi connectivity index (χ1) is 19.0. The Morgan fingerprint density at radius 2 is 1.27 bits per heavy atom. The Bertz CT molecular complexity index is 1770. The first-order valence-electron chi connectivity index (χ1n) is 11.3. The Morgan fingerprint density at radius 1 is 0.750 bits per heavy atom. The van der Waals surface area contributed by atoms with E-state index in [4.69, 9.17) is 5.73 Å². The van der Waals surface area contributed by atoms with E-state index < -0.39 is 20.9 Å². The third-order valence-corrected chi connectivity index (χ3v) is 6.32. The van der Waals surface area contributed by atoms with Crippen LogP contribution in [0.3, 0.4) is 0 Å². The van der Waals surface area contributed by atoms with Crippen LogP contribution in [0.25, 0.3) is 11.1 Å². The van der Waals surface area contributed by atoms with Gasteiger partial charge in [0.15, 0.2) is 0 Å². The molecule has 0 heterocycles. The van der Waals surface area contributed by atoms with Crippen molar-refractivity contribution in [2.75, 3.05) is 5.32 Å². The van der Waals surface area contributed by atoms with Crippen molar-refractivity contribution in [3.63, 3.8) is 0 Å². The molecule has 40 heavy (non-hydrogen) atoms. The summed E-state index contributed by atoms with van der Waals surface area (Å²) in [5.41, 5.74) is 6.91. The summed E-state index contributed by atoms with van der Waals surface area (Å²) in [5.74, 6) is -1.27. The number of amides is 2. The number of hydrogen-bond donors (Lipinski definition) is 5. The summed E-state index contributed by atoms with van der Waals surface area (Å²) in [5, 5.41) is 37.8. The molecule has 0 aliphatic rings. The molecule has 0 spiro atoms. The monoisotopic (exact) mass is 560 g/mol. The molecule has 202 valence electrons. The largest absolute Gasteiger partial charge is 0.507 e. The number of nitrogens with zero attached hydrogens (tertiary/aromatic N) is 4. The van der Waals surface area contributed by atoms with Gasteiger partial charge in [-0.25, -0.2) is 0 Å². The minimum absolute atomic E-state index is 0.102. The number of anilines is 1. The van der Waals surface area contributed by atoms with Crippen LogP contribution in [0.15, 0.2) is 104 Å². The molecule has 0 fully saturated rings. The third-order valence-electron chi connectivity index (χ3n) is 5.42. The van der Waals surface area contributed by atoms with Gasteiger partial charge in [-0.05, 0) is 66.2 Å². The van der Waals surface area contributed by atoms with Crippen molar-refractivity contribution < 1.29 is 32.8 Å². The maximum Gasteiger partial charge on any atom is 0.295 e. The van der Waals surface area contributed by atoms with E-state index in [1.54, 1.807) is 24.3 Å². The zero-order valence-corrected chi connectivity index (χ0v) is 21.1. The SMILES string of the molecule is NC(=O)c1cc(N=Nc2ccc(-c3ccc(N=Nc4ccc(O)c(NC=O)c4)cc3S(=O)(=O)O)cc2)ccc1O. The van der Waals surface area contributed by atoms with E-state index in [2.05, 4.69) is 25.8 Å². The van der Waals surface area contributed by atoms with Gasteiger partial charge in [0.1, 0.15) is 16.4 Å². The highest BCUT2D eigenvalue weighted by atomic mass is 32.2. The van der Waals surface area contributed by atoms with Gasteiger partial charge in [-0.15, -0.1) is 0 Å². The number of nitrogens with one attached hydrogen (secondary N) is 1. The molecule has 2 amide bonds. The van der Waals surface area contributed by atoms with Crippen molar-refractivity contribution in [3.05, 3.63) is 84.4 Å². The van der Waals surface area contributed by atoms with Crippen molar-refractivity contribution >= 4 is 50.9 Å². The quantitative estimate of drug-likeness (QED) is 0.0764. The number of azo groups is 2. The summed E-state index contributed by atoms with van der Waals surface area (Å²) < 4.78 is 34.2. The van der Waals surface area contributed by atoms with E-state index in [1.807, 2.05) is 0 Å². The Balaban J connectivity index is 1.59. The van der Waals surface area contributed by atoms with Crippen LogP contribution in [-0.4, -0.2) is 35.5 Å². The number of primary amides is 1. The molecule has 0 bridgehead atoms. The average molecular weight is 561 g/mol. The van der Waals surface area contributed by atoms with Crippen LogP contribution in [0.1, 0.15) is 10.4 Å². The van der Waals surface area contributed by atoms with E-state index in [9.17, 15) is 32.8 Å². The predicted octanol–water partition coefficient (Wildman–Crippen LogP) is 5.51. The van der Waals surface area contributed by atoms with Crippen molar-refractivity contribution in [1.82, 2.24) is 0 Å². The molecule has 0 saturated carbocycles. The van der Waals surface area contributed by atoms with E-state index in [0.717, 1.165) is 6.07 Å². The van der Waals surface area contributed by atoms with Gasteiger partial charge >= 0.3 is 0 Å². The number of benzene rings is 4. The maximum absolute atomic E-state index is 12.2. The smallest absolute Gasteiger partial charge is 0.295 e. The van der Waals surface area contributed by atoms with Gasteiger partial charge in [-0.3, -0.25) is 14.1 Å². The van der Waals surface area contributed by atoms with Gasteiger partial charge in [-0.2, -0.15) is 28.9 Å². The number of carbonyl (C=O) groups is 2. The molecular weight excluding hydrogens is 540 g/mol. The highest BCUT2D eigenvalue weighted by Gasteiger charge is 2.18. The standard InChI is InChI=1S/C26H20N6O7S/c27-26(36)21-11-17(6-9-23(21)34)30-29-16-3-1-15(2-4-16)20-8-5-19(13-25(20)40(37,38)39)32-31-18-7-10-24(35)22(12-18)28-14-33/h1-14,34-35H,(H2,27,36)(H,28,33)(H,37,38,39). The number of aromatic hydroxyl groups is 2. The van der Waals surface area contributed by atoms with Gasteiger partial charge in [0.25, 0.3) is 16.0 Å². The van der Waals surface area contributed by atoms with Crippen LogP contribution in [-0.2, 0) is 14.9 Å². The lowest BCUT2D eigenvalue weighted by Gasteiger charge is -2.09. The fraction of sp³-hybridized carbons (Fsp3) is 0. The molecule has 4 aromatic rings. The topological polar surface area (TPSA) is 216 Å². The molecule has 4 rings (SSSR count). The Morgan fingerprint density at radius 3 is 1.88 bits per heavy atom. The highest BCUT2D eigenvalue weighted by molar-refractivity contribution is 7.86. The molecule has 0 radical (unpaired) electrons. The molecule has 0 saturated heterocycles. The number of rotatable bonds is 9. The van der Waals surface area contributed by atoms with Crippen LogP contribution in [0.5, 0.6) is 11.5 Å².